The third-order valence-corrected chi connectivity index (χ3v) is 3.78. The number of hydrogen-bond acceptors (Lipinski definition) is 5. The number of benzene rings is 1. The molecule has 136 valence electrons. The van der Waals surface area contributed by atoms with Gasteiger partial charge in [-0.2, -0.15) is 0 Å². The Morgan fingerprint density at radius 3 is 2.80 bits per heavy atom. The van der Waals surface area contributed by atoms with Crippen LogP contribution in [-0.4, -0.2) is 43.9 Å². The summed E-state index contributed by atoms with van der Waals surface area (Å²) in [4.78, 5) is 15.9. The number of amides is 2. The Balaban J connectivity index is 1.88. The van der Waals surface area contributed by atoms with Gasteiger partial charge >= 0.3 is 6.03 Å². The Morgan fingerprint density at radius 1 is 1.36 bits per heavy atom. The van der Waals surface area contributed by atoms with E-state index in [-0.39, 0.29) is 11.7 Å². The molecule has 0 spiro atoms. The molecule has 0 aliphatic carbocycles. The minimum atomic E-state index is -3.46. The van der Waals surface area contributed by atoms with Gasteiger partial charge in [0.05, 0.1) is 25.4 Å². The number of rotatable bonds is 8. The summed E-state index contributed by atoms with van der Waals surface area (Å²) < 4.78 is 32.2. The van der Waals surface area contributed by atoms with E-state index in [0.717, 1.165) is 19.2 Å². The molecule has 9 nitrogen and oxygen atoms in total. The molecule has 0 saturated carbocycles. The predicted octanol–water partition coefficient (Wildman–Crippen LogP) is 1.47. The Kier molecular flexibility index (Phi) is 6.23. The van der Waals surface area contributed by atoms with Crippen LogP contribution in [0.3, 0.4) is 0 Å². The van der Waals surface area contributed by atoms with Crippen LogP contribution in [-0.2, 0) is 16.6 Å². The second-order valence-electron chi connectivity index (χ2n) is 5.32. The summed E-state index contributed by atoms with van der Waals surface area (Å²) in [7, 11) is -2.03. The number of urea groups is 1. The van der Waals surface area contributed by atoms with Crippen LogP contribution in [0.2, 0.25) is 0 Å². The van der Waals surface area contributed by atoms with Crippen LogP contribution < -0.4 is 20.1 Å². The smallest absolute Gasteiger partial charge is 0.319 e. The van der Waals surface area contributed by atoms with Crippen molar-refractivity contribution in [2.24, 2.45) is 0 Å². The van der Waals surface area contributed by atoms with Crippen molar-refractivity contribution in [1.82, 2.24) is 14.9 Å². The first kappa shape index (κ1) is 18.6. The summed E-state index contributed by atoms with van der Waals surface area (Å²) in [5.41, 5.74) is 0.696. The number of carbonyl (C=O) groups is 1. The maximum atomic E-state index is 11.9. The second-order valence-corrected chi connectivity index (χ2v) is 7.07. The van der Waals surface area contributed by atoms with Gasteiger partial charge in [-0.3, -0.25) is 4.72 Å². The van der Waals surface area contributed by atoms with E-state index in [4.69, 9.17) is 4.74 Å². The van der Waals surface area contributed by atoms with E-state index in [1.807, 2.05) is 10.8 Å². The van der Waals surface area contributed by atoms with Gasteiger partial charge in [-0.05, 0) is 24.6 Å². The highest BCUT2D eigenvalue weighted by Gasteiger charge is 2.10. The van der Waals surface area contributed by atoms with Gasteiger partial charge < -0.3 is 19.9 Å². The van der Waals surface area contributed by atoms with E-state index >= 15 is 0 Å². The first-order valence-corrected chi connectivity index (χ1v) is 9.43. The molecule has 0 aliphatic heterocycles. The number of methoxy groups -OCH3 is 1. The van der Waals surface area contributed by atoms with Gasteiger partial charge in [0.15, 0.2) is 0 Å². The highest BCUT2D eigenvalue weighted by atomic mass is 32.2. The van der Waals surface area contributed by atoms with Crippen molar-refractivity contribution < 1.29 is 17.9 Å². The van der Waals surface area contributed by atoms with Crippen molar-refractivity contribution >= 4 is 27.4 Å². The molecule has 2 amide bonds. The summed E-state index contributed by atoms with van der Waals surface area (Å²) >= 11 is 0. The quantitative estimate of drug-likeness (QED) is 0.611. The summed E-state index contributed by atoms with van der Waals surface area (Å²) in [5.74, 6) is 0.358. The minimum Gasteiger partial charge on any atom is -0.495 e. The summed E-state index contributed by atoms with van der Waals surface area (Å²) in [5, 5.41) is 5.39. The van der Waals surface area contributed by atoms with E-state index in [2.05, 4.69) is 20.3 Å². The lowest BCUT2D eigenvalue weighted by Gasteiger charge is -2.13. The number of hydrogen-bond donors (Lipinski definition) is 3. The Morgan fingerprint density at radius 2 is 2.16 bits per heavy atom. The zero-order valence-electron chi connectivity index (χ0n) is 14.0. The van der Waals surface area contributed by atoms with Crippen molar-refractivity contribution in [3.8, 4) is 5.75 Å². The molecule has 2 rings (SSSR count). The van der Waals surface area contributed by atoms with Crippen molar-refractivity contribution in [3.05, 3.63) is 36.9 Å². The largest absolute Gasteiger partial charge is 0.495 e. The van der Waals surface area contributed by atoms with Gasteiger partial charge in [0.1, 0.15) is 5.75 Å². The second kappa shape index (κ2) is 8.38. The fraction of sp³-hybridized carbons (Fsp3) is 0.333. The molecular formula is C15H21N5O4S. The Hall–Kier alpha value is -2.75. The molecule has 0 atom stereocenters. The molecule has 0 unspecified atom stereocenters. The highest BCUT2D eigenvalue weighted by Crippen LogP contribution is 2.28. The van der Waals surface area contributed by atoms with Crippen LogP contribution in [0, 0.1) is 0 Å². The average Bonchev–Trinajstić information content (AvgIpc) is 3.04. The van der Waals surface area contributed by atoms with Crippen LogP contribution in [0.1, 0.15) is 6.42 Å². The van der Waals surface area contributed by atoms with Crippen LogP contribution >= 0.6 is 0 Å². The third kappa shape index (κ3) is 6.34. The number of ether oxygens (including phenoxy) is 1. The van der Waals surface area contributed by atoms with Crippen molar-refractivity contribution in [3.63, 3.8) is 0 Å². The summed E-state index contributed by atoms with van der Waals surface area (Å²) in [6.07, 6.45) is 7.07. The standard InChI is InChI=1S/C15H21N5O4S/c1-24-14-5-4-12(10-13(14)19-25(2,22)23)18-15(21)17-6-3-8-20-9-7-16-11-20/h4-5,7,9-11,19H,3,6,8H2,1-2H3,(H2,17,18,21). The van der Waals surface area contributed by atoms with Crippen LogP contribution in [0.25, 0.3) is 0 Å². The molecule has 1 aromatic heterocycles. The fourth-order valence-corrected chi connectivity index (χ4v) is 2.68. The lowest BCUT2D eigenvalue weighted by atomic mass is 10.2. The SMILES string of the molecule is COc1ccc(NC(=O)NCCCn2ccnc2)cc1NS(C)(=O)=O. The lowest BCUT2D eigenvalue weighted by molar-refractivity contribution is 0.252. The van der Waals surface area contributed by atoms with Gasteiger partial charge in [-0.25, -0.2) is 18.2 Å². The molecule has 0 saturated heterocycles. The van der Waals surface area contributed by atoms with E-state index in [0.29, 0.717) is 18.0 Å². The van der Waals surface area contributed by atoms with Gasteiger partial charge in [-0.15, -0.1) is 0 Å². The maximum Gasteiger partial charge on any atom is 0.319 e. The average molecular weight is 367 g/mol. The summed E-state index contributed by atoms with van der Waals surface area (Å²) in [6, 6.07) is 4.31. The van der Waals surface area contributed by atoms with Crippen LogP contribution in [0.4, 0.5) is 16.2 Å². The number of carbonyl (C=O) groups excluding carboxylic acids is 1. The van der Waals surface area contributed by atoms with E-state index < -0.39 is 10.0 Å². The third-order valence-electron chi connectivity index (χ3n) is 3.19. The minimum absolute atomic E-state index is 0.253. The van der Waals surface area contributed by atoms with Crippen LogP contribution in [0.15, 0.2) is 36.9 Å². The molecule has 0 radical (unpaired) electrons. The lowest BCUT2D eigenvalue weighted by Crippen LogP contribution is -2.30. The first-order chi connectivity index (χ1) is 11.9. The van der Waals surface area contributed by atoms with Gasteiger partial charge in [0, 0.05) is 31.2 Å². The van der Waals surface area contributed by atoms with E-state index in [1.54, 1.807) is 24.7 Å². The van der Waals surface area contributed by atoms with Gasteiger partial charge in [0.25, 0.3) is 0 Å². The number of aryl methyl sites for hydroxylation is 1. The highest BCUT2D eigenvalue weighted by molar-refractivity contribution is 7.92. The maximum absolute atomic E-state index is 11.9. The van der Waals surface area contributed by atoms with Gasteiger partial charge in [-0.1, -0.05) is 0 Å². The molecule has 2 aromatic rings. The number of anilines is 2. The molecule has 25 heavy (non-hydrogen) atoms. The topological polar surface area (TPSA) is 114 Å². The number of aromatic nitrogens is 2. The van der Waals surface area contributed by atoms with E-state index in [1.165, 1.54) is 13.2 Å². The molecule has 1 aromatic carbocycles. The van der Waals surface area contributed by atoms with E-state index in [9.17, 15) is 13.2 Å². The Labute approximate surface area is 146 Å². The summed E-state index contributed by atoms with van der Waals surface area (Å²) in [6.45, 7) is 1.25. The molecule has 0 fully saturated rings. The number of imidazole rings is 1. The van der Waals surface area contributed by atoms with Crippen LogP contribution in [0.5, 0.6) is 5.75 Å². The number of nitrogens with one attached hydrogen (secondary N) is 3. The van der Waals surface area contributed by atoms with Crippen molar-refractivity contribution in [1.29, 1.82) is 0 Å². The molecule has 10 heteroatoms. The van der Waals surface area contributed by atoms with Crippen molar-refractivity contribution in [2.75, 3.05) is 29.9 Å². The molecule has 3 N–H and O–H groups in total. The first-order valence-electron chi connectivity index (χ1n) is 7.54. The molecule has 1 heterocycles. The monoisotopic (exact) mass is 367 g/mol. The van der Waals surface area contributed by atoms with Gasteiger partial charge in [0.2, 0.25) is 10.0 Å². The number of sulfonamides is 1. The zero-order valence-corrected chi connectivity index (χ0v) is 14.8. The zero-order chi connectivity index (χ0) is 18.3. The van der Waals surface area contributed by atoms with Crippen molar-refractivity contribution in [2.45, 2.75) is 13.0 Å². The molecule has 0 bridgehead atoms. The number of nitrogens with zero attached hydrogens (tertiary/aromatic N) is 2. The predicted molar refractivity (Wildman–Crippen MR) is 95.3 cm³/mol. The normalized spacial score (nSPS) is 11.0. The molecular weight excluding hydrogens is 346 g/mol. The fourth-order valence-electron chi connectivity index (χ4n) is 2.12. The Bertz CT molecular complexity index is 805. The molecule has 0 aliphatic rings.